The van der Waals surface area contributed by atoms with Gasteiger partial charge in [-0.25, -0.2) is 14.4 Å². The molecule has 4 heterocycles. The molecule has 4 aromatic rings. The Morgan fingerprint density at radius 3 is 3.00 bits per heavy atom. The van der Waals surface area contributed by atoms with Crippen LogP contribution in [0.25, 0.3) is 15.4 Å². The molecule has 33 heavy (non-hydrogen) atoms. The van der Waals surface area contributed by atoms with Crippen LogP contribution in [-0.4, -0.2) is 50.2 Å². The zero-order valence-electron chi connectivity index (χ0n) is 17.7. The number of carbonyl (C=O) groups is 2. The highest BCUT2D eigenvalue weighted by atomic mass is 32.1. The summed E-state index contributed by atoms with van der Waals surface area (Å²) in [5, 5.41) is 5.09. The molecule has 1 aromatic carbocycles. The van der Waals surface area contributed by atoms with Crippen molar-refractivity contribution in [2.75, 3.05) is 18.8 Å². The molecule has 1 saturated heterocycles. The quantitative estimate of drug-likeness (QED) is 0.450. The lowest BCUT2D eigenvalue weighted by molar-refractivity contribution is 0.0720. The second-order valence-electron chi connectivity index (χ2n) is 7.85. The van der Waals surface area contributed by atoms with Gasteiger partial charge in [0.25, 0.3) is 11.8 Å². The Bertz CT molecular complexity index is 1360. The summed E-state index contributed by atoms with van der Waals surface area (Å²) in [4.78, 5) is 38.0. The van der Waals surface area contributed by atoms with Gasteiger partial charge in [0.1, 0.15) is 17.2 Å². The van der Waals surface area contributed by atoms with Crippen molar-refractivity contribution in [2.45, 2.75) is 25.8 Å². The highest BCUT2D eigenvalue weighted by molar-refractivity contribution is 7.19. The first-order valence-corrected chi connectivity index (χ1v) is 12.2. The number of hydrogen-bond acceptors (Lipinski definition) is 7. The van der Waals surface area contributed by atoms with Crippen LogP contribution in [0.3, 0.4) is 0 Å². The van der Waals surface area contributed by atoms with Crippen molar-refractivity contribution in [3.63, 3.8) is 0 Å². The molecule has 0 aliphatic carbocycles. The van der Waals surface area contributed by atoms with Crippen LogP contribution in [0.1, 0.15) is 39.5 Å². The van der Waals surface area contributed by atoms with Gasteiger partial charge >= 0.3 is 0 Å². The van der Waals surface area contributed by atoms with Gasteiger partial charge in [0, 0.05) is 30.7 Å². The Labute approximate surface area is 196 Å². The number of nitrogens with one attached hydrogen (secondary N) is 1. The number of rotatable bonds is 5. The molecule has 2 amide bonds. The van der Waals surface area contributed by atoms with Gasteiger partial charge in [-0.05, 0) is 37.5 Å². The van der Waals surface area contributed by atoms with Crippen molar-refractivity contribution in [1.29, 1.82) is 0 Å². The van der Waals surface area contributed by atoms with Gasteiger partial charge in [-0.1, -0.05) is 23.5 Å². The number of carbonyl (C=O) groups excluding carboxylic acids is 2. The maximum Gasteiger partial charge on any atom is 0.274 e. The van der Waals surface area contributed by atoms with E-state index in [0.29, 0.717) is 34.9 Å². The number of nitrogen functional groups attached to an aromatic ring is 1. The third-order valence-electron chi connectivity index (χ3n) is 5.72. The smallest absolute Gasteiger partial charge is 0.274 e. The minimum Gasteiger partial charge on any atom is -0.375 e. The summed E-state index contributed by atoms with van der Waals surface area (Å²) < 4.78 is 15.5. The number of imidazole rings is 1. The topological polar surface area (TPSA) is 106 Å². The molecule has 0 saturated carbocycles. The van der Waals surface area contributed by atoms with E-state index in [-0.39, 0.29) is 28.7 Å². The number of halogens is 1. The van der Waals surface area contributed by atoms with Crippen LogP contribution < -0.4 is 11.1 Å². The zero-order chi connectivity index (χ0) is 23.1. The van der Waals surface area contributed by atoms with Gasteiger partial charge in [0.2, 0.25) is 0 Å². The minimum absolute atomic E-state index is 0.170. The second-order valence-corrected chi connectivity index (χ2v) is 9.75. The summed E-state index contributed by atoms with van der Waals surface area (Å²) in [6, 6.07) is 5.86. The van der Waals surface area contributed by atoms with E-state index in [1.807, 2.05) is 11.6 Å². The lowest BCUT2D eigenvalue weighted by Crippen LogP contribution is -2.43. The molecule has 11 heteroatoms. The molecule has 170 valence electrons. The van der Waals surface area contributed by atoms with Crippen LogP contribution in [0.5, 0.6) is 0 Å². The lowest BCUT2D eigenvalue weighted by atomic mass is 10.1. The Kier molecular flexibility index (Phi) is 5.59. The number of benzene rings is 1. The molecule has 0 radical (unpaired) electrons. The SMILES string of the molecule is Cc1nc2sccn2c1C(=O)NC[C@@H]1CCCN1C(=O)c1nc(N)sc1-c1cccc(F)c1. The number of aromatic nitrogens is 3. The van der Waals surface area contributed by atoms with E-state index >= 15 is 0 Å². The second kappa shape index (κ2) is 8.56. The molecule has 1 aliphatic heterocycles. The zero-order valence-corrected chi connectivity index (χ0v) is 19.4. The van der Waals surface area contributed by atoms with Crippen molar-refractivity contribution in [3.8, 4) is 10.4 Å². The number of nitrogens with zero attached hydrogens (tertiary/aromatic N) is 4. The number of anilines is 1. The van der Waals surface area contributed by atoms with E-state index in [9.17, 15) is 14.0 Å². The van der Waals surface area contributed by atoms with Gasteiger partial charge in [-0.2, -0.15) is 0 Å². The largest absolute Gasteiger partial charge is 0.375 e. The number of amides is 2. The van der Waals surface area contributed by atoms with Gasteiger partial charge in [-0.3, -0.25) is 14.0 Å². The number of fused-ring (bicyclic) bond motifs is 1. The fourth-order valence-corrected chi connectivity index (χ4v) is 5.80. The lowest BCUT2D eigenvalue weighted by Gasteiger charge is -2.24. The molecule has 0 spiro atoms. The van der Waals surface area contributed by atoms with E-state index in [1.165, 1.54) is 23.5 Å². The van der Waals surface area contributed by atoms with Crippen LogP contribution in [0, 0.1) is 12.7 Å². The molecule has 1 fully saturated rings. The molecule has 8 nitrogen and oxygen atoms in total. The number of thiazole rings is 2. The van der Waals surface area contributed by atoms with Crippen LogP contribution in [0.4, 0.5) is 9.52 Å². The summed E-state index contributed by atoms with van der Waals surface area (Å²) in [5.41, 5.74) is 7.85. The average molecular weight is 485 g/mol. The normalized spacial score (nSPS) is 15.9. The molecule has 1 aliphatic rings. The molecule has 3 aromatic heterocycles. The third kappa shape index (κ3) is 3.98. The van der Waals surface area contributed by atoms with Crippen molar-refractivity contribution < 1.29 is 14.0 Å². The Balaban J connectivity index is 1.34. The fraction of sp³-hybridized carbons (Fsp3) is 0.273. The molecule has 5 rings (SSSR count). The van der Waals surface area contributed by atoms with E-state index in [2.05, 4.69) is 15.3 Å². The monoisotopic (exact) mass is 484 g/mol. The summed E-state index contributed by atoms with van der Waals surface area (Å²) in [6.07, 6.45) is 3.41. The molecule has 0 unspecified atom stereocenters. The Morgan fingerprint density at radius 1 is 1.33 bits per heavy atom. The van der Waals surface area contributed by atoms with Crippen molar-refractivity contribution in [3.05, 3.63) is 58.7 Å². The van der Waals surface area contributed by atoms with E-state index in [4.69, 9.17) is 5.73 Å². The van der Waals surface area contributed by atoms with Gasteiger partial charge in [0.05, 0.1) is 10.6 Å². The Hall–Kier alpha value is -3.31. The molecular weight excluding hydrogens is 463 g/mol. The van der Waals surface area contributed by atoms with E-state index in [0.717, 1.165) is 29.1 Å². The van der Waals surface area contributed by atoms with Crippen molar-refractivity contribution in [2.24, 2.45) is 0 Å². The Morgan fingerprint density at radius 2 is 2.18 bits per heavy atom. The standard InChI is InChI=1S/C22H21FN6O2S2/c1-12-17(29-8-9-32-22(29)26-12)19(30)25-11-15-6-3-7-28(15)20(31)16-18(33-21(24)27-16)13-4-2-5-14(23)10-13/h2,4-5,8-10,15H,3,6-7,11H2,1H3,(H2,24,27)(H,25,30)/t15-/m0/s1. The summed E-state index contributed by atoms with van der Waals surface area (Å²) in [6.45, 7) is 2.68. The van der Waals surface area contributed by atoms with E-state index < -0.39 is 5.82 Å². The predicted molar refractivity (Wildman–Crippen MR) is 126 cm³/mol. The number of nitrogens with two attached hydrogens (primary N) is 1. The highest BCUT2D eigenvalue weighted by Crippen LogP contribution is 2.34. The molecule has 0 bridgehead atoms. The summed E-state index contributed by atoms with van der Waals surface area (Å²) in [7, 11) is 0. The van der Waals surface area contributed by atoms with Crippen LogP contribution >= 0.6 is 22.7 Å². The number of aryl methyl sites for hydroxylation is 1. The first kappa shape index (κ1) is 21.5. The maximum atomic E-state index is 13.8. The molecular formula is C22H21FN6O2S2. The fourth-order valence-electron chi connectivity index (χ4n) is 4.22. The average Bonchev–Trinajstić information content (AvgIpc) is 3.55. The van der Waals surface area contributed by atoms with E-state index in [1.54, 1.807) is 28.4 Å². The minimum atomic E-state index is -0.394. The van der Waals surface area contributed by atoms with Crippen LogP contribution in [0.15, 0.2) is 35.8 Å². The third-order valence-corrected chi connectivity index (χ3v) is 7.41. The van der Waals surface area contributed by atoms with Crippen LogP contribution in [-0.2, 0) is 0 Å². The number of likely N-dealkylation sites (tertiary alicyclic amines) is 1. The maximum absolute atomic E-state index is 13.8. The first-order valence-electron chi connectivity index (χ1n) is 10.5. The molecule has 3 N–H and O–H groups in total. The van der Waals surface area contributed by atoms with Crippen molar-refractivity contribution >= 4 is 44.6 Å². The van der Waals surface area contributed by atoms with Crippen molar-refractivity contribution in [1.82, 2.24) is 24.6 Å². The van der Waals surface area contributed by atoms with Gasteiger partial charge in [-0.15, -0.1) is 11.3 Å². The summed E-state index contributed by atoms with van der Waals surface area (Å²) in [5.74, 6) is -0.884. The number of hydrogen-bond donors (Lipinski definition) is 2. The van der Waals surface area contributed by atoms with Gasteiger partial charge < -0.3 is 16.0 Å². The molecule has 1 atom stereocenters. The van der Waals surface area contributed by atoms with Gasteiger partial charge in [0.15, 0.2) is 10.1 Å². The van der Waals surface area contributed by atoms with Crippen LogP contribution in [0.2, 0.25) is 0 Å². The summed E-state index contributed by atoms with van der Waals surface area (Å²) >= 11 is 2.63. The predicted octanol–water partition coefficient (Wildman–Crippen LogP) is 3.58. The highest BCUT2D eigenvalue weighted by Gasteiger charge is 2.33. The first-order chi connectivity index (χ1) is 15.9.